The van der Waals surface area contributed by atoms with Gasteiger partial charge in [-0.25, -0.2) is 15.0 Å². The number of para-hydroxylation sites is 1. The number of unbranched alkanes of at least 4 members (excludes halogenated alkanes) is 4. The van der Waals surface area contributed by atoms with Gasteiger partial charge in [-0.2, -0.15) is 0 Å². The van der Waals surface area contributed by atoms with Gasteiger partial charge in [0.05, 0.1) is 11.7 Å². The molecule has 1 aliphatic heterocycles. The van der Waals surface area contributed by atoms with Crippen molar-refractivity contribution in [1.82, 2.24) is 5.01 Å². The molecular weight excluding hydrogens is 302 g/mol. The first-order chi connectivity index (χ1) is 11.6. The fourth-order valence-electron chi connectivity index (χ4n) is 2.86. The summed E-state index contributed by atoms with van der Waals surface area (Å²) in [4.78, 5) is 28.9. The van der Waals surface area contributed by atoms with Crippen molar-refractivity contribution in [3.63, 3.8) is 0 Å². The third kappa shape index (κ3) is 4.29. The molecule has 0 saturated carbocycles. The van der Waals surface area contributed by atoms with Crippen LogP contribution in [0.25, 0.3) is 0 Å². The van der Waals surface area contributed by atoms with E-state index in [4.69, 9.17) is 0 Å². The van der Waals surface area contributed by atoms with Gasteiger partial charge in [0, 0.05) is 13.5 Å². The minimum Gasteiger partial charge on any atom is -0.273 e. The highest BCUT2D eigenvalue weighted by Crippen LogP contribution is 2.24. The fraction of sp³-hybridized carbons (Fsp3) is 0.526. The summed E-state index contributed by atoms with van der Waals surface area (Å²) in [6, 6.07) is 9.22. The number of benzene rings is 1. The number of nitrogens with zero attached hydrogens (tertiary/aromatic N) is 3. The molecule has 1 heterocycles. The van der Waals surface area contributed by atoms with Crippen molar-refractivity contribution in [3.05, 3.63) is 30.3 Å². The summed E-state index contributed by atoms with van der Waals surface area (Å²) in [5.74, 6) is -0.402. The largest absolute Gasteiger partial charge is 0.289 e. The van der Waals surface area contributed by atoms with Crippen LogP contribution in [0.15, 0.2) is 35.3 Å². The molecule has 1 atom stereocenters. The molecule has 24 heavy (non-hydrogen) atoms. The van der Waals surface area contributed by atoms with Crippen molar-refractivity contribution in [1.29, 1.82) is 0 Å². The Labute approximate surface area is 144 Å². The van der Waals surface area contributed by atoms with E-state index < -0.39 is 0 Å². The van der Waals surface area contributed by atoms with E-state index in [9.17, 15) is 9.59 Å². The normalized spacial score (nSPS) is 20.1. The van der Waals surface area contributed by atoms with Crippen molar-refractivity contribution < 1.29 is 9.59 Å². The summed E-state index contributed by atoms with van der Waals surface area (Å²) in [6.07, 6.45) is 5.85. The first-order valence-corrected chi connectivity index (χ1v) is 8.80. The molecule has 0 bridgehead atoms. The molecule has 0 N–H and O–H groups in total. The molecule has 0 radical (unpaired) electrons. The standard InChI is InChI=1S/C19H27N3O2/c1-4-5-6-7-11-14-17(23)20-18-15(2)21(3)22(19(18)24)16-12-9-8-10-13-16/h8-10,12-13,15H,4-7,11,14H2,1-3H3. The lowest BCUT2D eigenvalue weighted by molar-refractivity contribution is -0.118. The number of anilines is 1. The molecule has 0 aromatic heterocycles. The topological polar surface area (TPSA) is 53.0 Å². The summed E-state index contributed by atoms with van der Waals surface area (Å²) in [5, 5.41) is 3.41. The third-order valence-electron chi connectivity index (χ3n) is 4.42. The Morgan fingerprint density at radius 2 is 1.79 bits per heavy atom. The Balaban J connectivity index is 2.02. The minimum absolute atomic E-state index is 0.190. The van der Waals surface area contributed by atoms with Gasteiger partial charge in [0.25, 0.3) is 5.91 Å². The lowest BCUT2D eigenvalue weighted by Crippen LogP contribution is -2.38. The van der Waals surface area contributed by atoms with Crippen LogP contribution in [-0.4, -0.2) is 35.6 Å². The smallest absolute Gasteiger partial charge is 0.273 e. The summed E-state index contributed by atoms with van der Waals surface area (Å²) < 4.78 is 0. The summed E-state index contributed by atoms with van der Waals surface area (Å²) >= 11 is 0. The van der Waals surface area contributed by atoms with Crippen molar-refractivity contribution in [2.24, 2.45) is 4.99 Å². The molecule has 0 spiro atoms. The van der Waals surface area contributed by atoms with Crippen LogP contribution in [0.3, 0.4) is 0 Å². The lowest BCUT2D eigenvalue weighted by Gasteiger charge is -2.25. The quantitative estimate of drug-likeness (QED) is 0.718. The zero-order chi connectivity index (χ0) is 17.5. The molecule has 2 amide bonds. The molecule has 1 fully saturated rings. The van der Waals surface area contributed by atoms with Crippen LogP contribution in [-0.2, 0) is 9.59 Å². The zero-order valence-electron chi connectivity index (χ0n) is 14.9. The number of hydrazine groups is 1. The van der Waals surface area contributed by atoms with E-state index in [2.05, 4.69) is 11.9 Å². The molecule has 1 aromatic rings. The molecule has 1 aliphatic rings. The molecule has 130 valence electrons. The van der Waals surface area contributed by atoms with Crippen LogP contribution in [0.5, 0.6) is 0 Å². The summed E-state index contributed by atoms with van der Waals surface area (Å²) in [5.41, 5.74) is 1.12. The number of carbonyl (C=O) groups excluding carboxylic acids is 2. The molecule has 1 unspecified atom stereocenters. The van der Waals surface area contributed by atoms with Gasteiger partial charge >= 0.3 is 0 Å². The second-order valence-corrected chi connectivity index (χ2v) is 6.26. The Morgan fingerprint density at radius 1 is 1.12 bits per heavy atom. The molecule has 0 aliphatic carbocycles. The van der Waals surface area contributed by atoms with Crippen molar-refractivity contribution >= 4 is 23.2 Å². The fourth-order valence-corrected chi connectivity index (χ4v) is 2.86. The van der Waals surface area contributed by atoms with Gasteiger partial charge in [0.15, 0.2) is 0 Å². The highest BCUT2D eigenvalue weighted by atomic mass is 16.2. The van der Waals surface area contributed by atoms with E-state index in [-0.39, 0.29) is 17.9 Å². The number of amides is 2. The van der Waals surface area contributed by atoms with Crippen LogP contribution in [0, 0.1) is 0 Å². The van der Waals surface area contributed by atoms with Crippen molar-refractivity contribution in [2.45, 2.75) is 58.4 Å². The number of rotatable bonds is 7. The first-order valence-electron chi connectivity index (χ1n) is 8.80. The van der Waals surface area contributed by atoms with E-state index in [1.54, 1.807) is 5.01 Å². The van der Waals surface area contributed by atoms with Gasteiger partial charge in [-0.1, -0.05) is 50.8 Å². The van der Waals surface area contributed by atoms with Gasteiger partial charge in [-0.3, -0.25) is 9.59 Å². The van der Waals surface area contributed by atoms with Crippen molar-refractivity contribution in [3.8, 4) is 0 Å². The molecule has 2 rings (SSSR count). The van der Waals surface area contributed by atoms with Crippen LogP contribution in [0.1, 0.15) is 52.4 Å². The Morgan fingerprint density at radius 3 is 2.46 bits per heavy atom. The predicted octanol–water partition coefficient (Wildman–Crippen LogP) is 3.60. The van der Waals surface area contributed by atoms with Gasteiger partial charge in [0.2, 0.25) is 5.91 Å². The third-order valence-corrected chi connectivity index (χ3v) is 4.42. The van der Waals surface area contributed by atoms with Crippen molar-refractivity contribution in [2.75, 3.05) is 12.1 Å². The van der Waals surface area contributed by atoms with E-state index in [1.165, 1.54) is 12.8 Å². The zero-order valence-corrected chi connectivity index (χ0v) is 14.9. The van der Waals surface area contributed by atoms with E-state index in [0.717, 1.165) is 24.9 Å². The van der Waals surface area contributed by atoms with E-state index >= 15 is 0 Å². The lowest BCUT2D eigenvalue weighted by atomic mass is 10.1. The highest BCUT2D eigenvalue weighted by Gasteiger charge is 2.40. The second kappa shape index (κ2) is 8.73. The van der Waals surface area contributed by atoms with Crippen LogP contribution in [0.2, 0.25) is 0 Å². The average molecular weight is 329 g/mol. The minimum atomic E-state index is -0.212. The van der Waals surface area contributed by atoms with Gasteiger partial charge in [-0.15, -0.1) is 0 Å². The summed E-state index contributed by atoms with van der Waals surface area (Å²) in [6.45, 7) is 4.06. The summed E-state index contributed by atoms with van der Waals surface area (Å²) in [7, 11) is 1.84. The maximum atomic E-state index is 12.7. The molecular formula is C19H27N3O2. The SMILES string of the molecule is CCCCCCCC(=O)N=C1C(=O)N(c2ccccc2)N(C)C1C. The van der Waals surface area contributed by atoms with Gasteiger partial charge in [0.1, 0.15) is 5.71 Å². The molecule has 5 nitrogen and oxygen atoms in total. The maximum absolute atomic E-state index is 12.7. The van der Waals surface area contributed by atoms with Gasteiger partial charge < -0.3 is 0 Å². The molecule has 5 heteroatoms. The maximum Gasteiger partial charge on any atom is 0.289 e. The van der Waals surface area contributed by atoms with Crippen LogP contribution >= 0.6 is 0 Å². The Bertz CT molecular complexity index is 598. The average Bonchev–Trinajstić information content (AvgIpc) is 2.79. The highest BCUT2D eigenvalue weighted by molar-refractivity contribution is 6.48. The Kier molecular flexibility index (Phi) is 6.67. The molecule has 1 aromatic carbocycles. The first kappa shape index (κ1) is 18.3. The second-order valence-electron chi connectivity index (χ2n) is 6.26. The van der Waals surface area contributed by atoms with Crippen LogP contribution in [0.4, 0.5) is 5.69 Å². The molecule has 1 saturated heterocycles. The number of aliphatic imine (C=N–C) groups is 1. The predicted molar refractivity (Wildman–Crippen MR) is 97.0 cm³/mol. The van der Waals surface area contributed by atoms with Crippen LogP contribution < -0.4 is 5.01 Å². The Hall–Kier alpha value is -2.01. The number of carbonyl (C=O) groups is 2. The van der Waals surface area contributed by atoms with E-state index in [0.29, 0.717) is 12.1 Å². The van der Waals surface area contributed by atoms with Gasteiger partial charge in [-0.05, 0) is 25.5 Å². The van der Waals surface area contributed by atoms with E-state index in [1.807, 2.05) is 49.3 Å². The monoisotopic (exact) mass is 329 g/mol. The number of hydrogen-bond donors (Lipinski definition) is 0. The number of hydrogen-bond acceptors (Lipinski definition) is 3.